The highest BCUT2D eigenvalue weighted by atomic mass is 19.1. The lowest BCUT2D eigenvalue weighted by molar-refractivity contribution is 0.357. The molecule has 2 aromatic carbocycles. The molecule has 5 heteroatoms. The zero-order valence-corrected chi connectivity index (χ0v) is 11.2. The van der Waals surface area contributed by atoms with Crippen molar-refractivity contribution in [3.63, 3.8) is 0 Å². The molecule has 21 heavy (non-hydrogen) atoms. The quantitative estimate of drug-likeness (QED) is 0.793. The summed E-state index contributed by atoms with van der Waals surface area (Å²) >= 11 is 0. The minimum Gasteiger partial charge on any atom is -0.502 e. The molecule has 4 nitrogen and oxygen atoms in total. The monoisotopic (exact) mass is 285 g/mol. The lowest BCUT2D eigenvalue weighted by Crippen LogP contribution is -1.88. The van der Waals surface area contributed by atoms with Crippen LogP contribution in [-0.4, -0.2) is 17.2 Å². The van der Waals surface area contributed by atoms with E-state index < -0.39 is 11.6 Å². The van der Waals surface area contributed by atoms with Crippen LogP contribution in [0.3, 0.4) is 0 Å². The van der Waals surface area contributed by atoms with E-state index in [1.165, 1.54) is 25.4 Å². The molecule has 0 aliphatic carbocycles. The fourth-order valence-electron chi connectivity index (χ4n) is 1.99. The van der Waals surface area contributed by atoms with Crippen LogP contribution in [0.5, 0.6) is 11.5 Å². The van der Waals surface area contributed by atoms with E-state index >= 15 is 0 Å². The topological polar surface area (TPSA) is 55.5 Å². The Morgan fingerprint density at radius 2 is 1.90 bits per heavy atom. The van der Waals surface area contributed by atoms with E-state index in [1.54, 1.807) is 0 Å². The molecule has 3 aromatic rings. The minimum absolute atomic E-state index is 0.0441. The van der Waals surface area contributed by atoms with Crippen molar-refractivity contribution in [3.8, 4) is 34.3 Å². The highest BCUT2D eigenvalue weighted by Crippen LogP contribution is 2.35. The standard InChI is InChI=1S/C16H12FNO3/c1-20-13-8-11(7-12(17)15(13)19)14-9-18-16(21-14)10-5-3-2-4-6-10/h2-9,19H,1H3. The molecule has 0 atom stereocenters. The predicted molar refractivity (Wildman–Crippen MR) is 75.5 cm³/mol. The second kappa shape index (κ2) is 5.28. The molecular formula is C16H12FNO3. The van der Waals surface area contributed by atoms with E-state index in [0.717, 1.165) is 5.56 Å². The number of halogens is 1. The maximum atomic E-state index is 13.7. The van der Waals surface area contributed by atoms with Crippen molar-refractivity contribution in [3.05, 3.63) is 54.5 Å². The Bertz CT molecular complexity index is 768. The molecular weight excluding hydrogens is 273 g/mol. The molecule has 0 amide bonds. The third-order valence-corrected chi connectivity index (χ3v) is 3.06. The Morgan fingerprint density at radius 3 is 2.62 bits per heavy atom. The number of ether oxygens (including phenoxy) is 1. The Labute approximate surface area is 120 Å². The number of aromatic hydroxyl groups is 1. The van der Waals surface area contributed by atoms with Crippen LogP contribution in [0.1, 0.15) is 0 Å². The highest BCUT2D eigenvalue weighted by Gasteiger charge is 2.14. The van der Waals surface area contributed by atoms with Crippen molar-refractivity contribution in [1.29, 1.82) is 0 Å². The summed E-state index contributed by atoms with van der Waals surface area (Å²) in [5.74, 6) is -0.419. The summed E-state index contributed by atoms with van der Waals surface area (Å²) in [6, 6.07) is 12.1. The van der Waals surface area contributed by atoms with Gasteiger partial charge in [0.2, 0.25) is 5.89 Å². The number of aromatic nitrogens is 1. The second-order valence-electron chi connectivity index (χ2n) is 4.40. The SMILES string of the molecule is COc1cc(-c2cnc(-c3ccccc3)o2)cc(F)c1O. The van der Waals surface area contributed by atoms with Crippen LogP contribution in [-0.2, 0) is 0 Å². The largest absolute Gasteiger partial charge is 0.502 e. The molecule has 0 fully saturated rings. The zero-order valence-electron chi connectivity index (χ0n) is 11.2. The van der Waals surface area contributed by atoms with Crippen molar-refractivity contribution in [2.24, 2.45) is 0 Å². The molecule has 0 radical (unpaired) electrons. The van der Waals surface area contributed by atoms with Crippen LogP contribution in [0.2, 0.25) is 0 Å². The molecule has 0 unspecified atom stereocenters. The van der Waals surface area contributed by atoms with Crippen LogP contribution < -0.4 is 4.74 Å². The fraction of sp³-hybridized carbons (Fsp3) is 0.0625. The van der Waals surface area contributed by atoms with Gasteiger partial charge < -0.3 is 14.3 Å². The van der Waals surface area contributed by atoms with Gasteiger partial charge in [-0.2, -0.15) is 0 Å². The molecule has 0 aliphatic heterocycles. The third kappa shape index (κ3) is 2.45. The molecule has 3 rings (SSSR count). The number of benzene rings is 2. The summed E-state index contributed by atoms with van der Waals surface area (Å²) in [5.41, 5.74) is 1.27. The number of nitrogens with zero attached hydrogens (tertiary/aromatic N) is 1. The molecule has 0 spiro atoms. The number of hydrogen-bond donors (Lipinski definition) is 1. The molecule has 0 saturated heterocycles. The first-order valence-electron chi connectivity index (χ1n) is 6.27. The predicted octanol–water partition coefficient (Wildman–Crippen LogP) is 3.86. The van der Waals surface area contributed by atoms with Gasteiger partial charge in [0, 0.05) is 11.1 Å². The summed E-state index contributed by atoms with van der Waals surface area (Å²) in [6.45, 7) is 0. The normalized spacial score (nSPS) is 10.6. The number of hydrogen-bond acceptors (Lipinski definition) is 4. The molecule has 0 bridgehead atoms. The van der Waals surface area contributed by atoms with Gasteiger partial charge in [-0.15, -0.1) is 0 Å². The van der Waals surface area contributed by atoms with Crippen LogP contribution in [0.25, 0.3) is 22.8 Å². The summed E-state index contributed by atoms with van der Waals surface area (Å²) in [4.78, 5) is 4.18. The van der Waals surface area contributed by atoms with Crippen molar-refractivity contribution in [2.45, 2.75) is 0 Å². The van der Waals surface area contributed by atoms with Crippen molar-refractivity contribution >= 4 is 0 Å². The maximum absolute atomic E-state index is 13.7. The Hall–Kier alpha value is -2.82. The molecule has 1 N–H and O–H groups in total. The van der Waals surface area contributed by atoms with E-state index in [-0.39, 0.29) is 5.75 Å². The van der Waals surface area contributed by atoms with Gasteiger partial charge in [-0.1, -0.05) is 18.2 Å². The first-order valence-corrected chi connectivity index (χ1v) is 6.27. The number of phenols is 1. The third-order valence-electron chi connectivity index (χ3n) is 3.06. The van der Waals surface area contributed by atoms with Gasteiger partial charge in [0.25, 0.3) is 0 Å². The number of methoxy groups -OCH3 is 1. The van der Waals surface area contributed by atoms with Crippen LogP contribution in [0, 0.1) is 5.82 Å². The van der Waals surface area contributed by atoms with E-state index in [9.17, 15) is 9.50 Å². The Balaban J connectivity index is 2.03. The van der Waals surface area contributed by atoms with Gasteiger partial charge in [-0.3, -0.25) is 0 Å². The molecule has 0 saturated carbocycles. The van der Waals surface area contributed by atoms with Crippen molar-refractivity contribution < 1.29 is 18.7 Å². The first kappa shape index (κ1) is 13.2. The van der Waals surface area contributed by atoms with E-state index in [2.05, 4.69) is 4.98 Å². The van der Waals surface area contributed by atoms with Gasteiger partial charge in [0.15, 0.2) is 23.1 Å². The maximum Gasteiger partial charge on any atom is 0.226 e. The average molecular weight is 285 g/mol. The second-order valence-corrected chi connectivity index (χ2v) is 4.40. The molecule has 1 heterocycles. The van der Waals surface area contributed by atoms with Gasteiger partial charge in [-0.05, 0) is 24.3 Å². The Kier molecular flexibility index (Phi) is 3.31. The highest BCUT2D eigenvalue weighted by molar-refractivity contribution is 5.64. The molecule has 1 aromatic heterocycles. The minimum atomic E-state index is -0.776. The fourth-order valence-corrected chi connectivity index (χ4v) is 1.99. The average Bonchev–Trinajstić information content (AvgIpc) is 3.00. The summed E-state index contributed by atoms with van der Waals surface area (Å²) in [7, 11) is 1.36. The summed E-state index contributed by atoms with van der Waals surface area (Å²) < 4.78 is 24.2. The van der Waals surface area contributed by atoms with Crippen molar-refractivity contribution in [1.82, 2.24) is 4.98 Å². The van der Waals surface area contributed by atoms with Gasteiger partial charge in [-0.25, -0.2) is 9.37 Å². The Morgan fingerprint density at radius 1 is 1.14 bits per heavy atom. The van der Waals surface area contributed by atoms with Gasteiger partial charge in [0.1, 0.15) is 0 Å². The van der Waals surface area contributed by atoms with Gasteiger partial charge >= 0.3 is 0 Å². The van der Waals surface area contributed by atoms with E-state index in [1.807, 2.05) is 30.3 Å². The van der Waals surface area contributed by atoms with Crippen molar-refractivity contribution in [2.75, 3.05) is 7.11 Å². The lowest BCUT2D eigenvalue weighted by Gasteiger charge is -2.06. The zero-order chi connectivity index (χ0) is 14.8. The number of oxazole rings is 1. The smallest absolute Gasteiger partial charge is 0.226 e. The summed E-state index contributed by atoms with van der Waals surface area (Å²) in [5, 5.41) is 9.51. The van der Waals surface area contributed by atoms with Crippen LogP contribution in [0.15, 0.2) is 53.1 Å². The number of rotatable bonds is 3. The van der Waals surface area contributed by atoms with Crippen LogP contribution >= 0.6 is 0 Å². The van der Waals surface area contributed by atoms with E-state index in [4.69, 9.17) is 9.15 Å². The summed E-state index contributed by atoms with van der Waals surface area (Å²) in [6.07, 6.45) is 1.51. The molecule has 0 aliphatic rings. The van der Waals surface area contributed by atoms with E-state index in [0.29, 0.717) is 17.2 Å². The lowest BCUT2D eigenvalue weighted by atomic mass is 10.1. The first-order chi connectivity index (χ1) is 10.2. The number of phenolic OH excluding ortho intramolecular Hbond substituents is 1. The van der Waals surface area contributed by atoms with Gasteiger partial charge in [0.05, 0.1) is 13.3 Å². The molecule has 106 valence electrons. The van der Waals surface area contributed by atoms with Crippen LogP contribution in [0.4, 0.5) is 4.39 Å².